The summed E-state index contributed by atoms with van der Waals surface area (Å²) in [5.41, 5.74) is 5.62. The van der Waals surface area contributed by atoms with E-state index in [4.69, 9.17) is 5.73 Å². The molecule has 1 atom stereocenters. The molecular formula is C11H19ClN2OS. The SMILES string of the molecule is CC(C)N(Cc1cccs1)C(=O)[C@H](C)N.Cl. The Labute approximate surface area is 107 Å². The fraction of sp³-hybridized carbons (Fsp3) is 0.545. The summed E-state index contributed by atoms with van der Waals surface area (Å²) in [6, 6.07) is 3.79. The fourth-order valence-corrected chi connectivity index (χ4v) is 2.05. The van der Waals surface area contributed by atoms with Gasteiger partial charge in [-0.3, -0.25) is 4.79 Å². The summed E-state index contributed by atoms with van der Waals surface area (Å²) in [5.74, 6) is 0.0124. The topological polar surface area (TPSA) is 46.3 Å². The summed E-state index contributed by atoms with van der Waals surface area (Å²) < 4.78 is 0. The molecule has 1 heterocycles. The maximum absolute atomic E-state index is 11.8. The molecule has 16 heavy (non-hydrogen) atoms. The lowest BCUT2D eigenvalue weighted by Crippen LogP contribution is -2.44. The molecule has 0 aliphatic carbocycles. The molecular weight excluding hydrogens is 244 g/mol. The Bertz CT molecular complexity index is 312. The van der Waals surface area contributed by atoms with Gasteiger partial charge in [-0.15, -0.1) is 23.7 Å². The quantitative estimate of drug-likeness (QED) is 0.905. The van der Waals surface area contributed by atoms with Crippen LogP contribution in [-0.2, 0) is 11.3 Å². The van der Waals surface area contributed by atoms with Crippen molar-refractivity contribution in [1.29, 1.82) is 0 Å². The first-order valence-electron chi connectivity index (χ1n) is 5.10. The van der Waals surface area contributed by atoms with Crippen LogP contribution in [0.4, 0.5) is 0 Å². The van der Waals surface area contributed by atoms with Gasteiger partial charge in [-0.05, 0) is 32.2 Å². The molecule has 0 spiro atoms. The van der Waals surface area contributed by atoms with E-state index in [9.17, 15) is 4.79 Å². The van der Waals surface area contributed by atoms with Crippen LogP contribution in [0, 0.1) is 0 Å². The van der Waals surface area contributed by atoms with Crippen molar-refractivity contribution < 1.29 is 4.79 Å². The van der Waals surface area contributed by atoms with Crippen molar-refractivity contribution in [3.63, 3.8) is 0 Å². The summed E-state index contributed by atoms with van der Waals surface area (Å²) in [6.07, 6.45) is 0. The highest BCUT2D eigenvalue weighted by molar-refractivity contribution is 7.09. The molecule has 0 aromatic carbocycles. The molecule has 1 aromatic rings. The van der Waals surface area contributed by atoms with E-state index >= 15 is 0 Å². The Morgan fingerprint density at radius 1 is 1.50 bits per heavy atom. The van der Waals surface area contributed by atoms with Crippen LogP contribution in [0.25, 0.3) is 0 Å². The molecule has 0 radical (unpaired) electrons. The molecule has 0 aliphatic heterocycles. The molecule has 0 fully saturated rings. The van der Waals surface area contributed by atoms with Crippen LogP contribution < -0.4 is 5.73 Å². The van der Waals surface area contributed by atoms with Crippen molar-refractivity contribution >= 4 is 29.7 Å². The van der Waals surface area contributed by atoms with E-state index in [0.29, 0.717) is 6.54 Å². The zero-order valence-electron chi connectivity index (χ0n) is 9.84. The highest BCUT2D eigenvalue weighted by atomic mass is 35.5. The highest BCUT2D eigenvalue weighted by Crippen LogP contribution is 2.14. The van der Waals surface area contributed by atoms with E-state index in [1.807, 2.05) is 36.3 Å². The fourth-order valence-electron chi connectivity index (χ4n) is 1.35. The minimum Gasteiger partial charge on any atom is -0.334 e. The van der Waals surface area contributed by atoms with Gasteiger partial charge in [0.25, 0.3) is 0 Å². The van der Waals surface area contributed by atoms with Gasteiger partial charge < -0.3 is 10.6 Å². The van der Waals surface area contributed by atoms with Gasteiger partial charge in [0.2, 0.25) is 5.91 Å². The molecule has 1 amide bonds. The average molecular weight is 263 g/mol. The third-order valence-corrected chi connectivity index (χ3v) is 3.06. The second-order valence-electron chi connectivity index (χ2n) is 3.93. The third-order valence-electron chi connectivity index (χ3n) is 2.20. The standard InChI is InChI=1S/C11H18N2OS.ClH/c1-8(2)13(11(14)9(3)12)7-10-5-4-6-15-10;/h4-6,8-9H,7,12H2,1-3H3;1H/t9-;/m0./s1. The molecule has 5 heteroatoms. The van der Waals surface area contributed by atoms with Crippen molar-refractivity contribution in [2.45, 2.75) is 39.4 Å². The van der Waals surface area contributed by atoms with Crippen LogP contribution in [0.3, 0.4) is 0 Å². The van der Waals surface area contributed by atoms with Gasteiger partial charge in [-0.25, -0.2) is 0 Å². The number of nitrogens with two attached hydrogens (primary N) is 1. The van der Waals surface area contributed by atoms with E-state index < -0.39 is 6.04 Å². The molecule has 1 rings (SSSR count). The first-order valence-corrected chi connectivity index (χ1v) is 5.98. The lowest BCUT2D eigenvalue weighted by molar-refractivity contribution is -0.134. The zero-order valence-corrected chi connectivity index (χ0v) is 11.5. The number of amides is 1. The zero-order chi connectivity index (χ0) is 11.4. The number of carbonyl (C=O) groups is 1. The second kappa shape index (κ2) is 6.89. The highest BCUT2D eigenvalue weighted by Gasteiger charge is 2.20. The molecule has 0 unspecified atom stereocenters. The average Bonchev–Trinajstić information content (AvgIpc) is 2.64. The molecule has 1 aromatic heterocycles. The lowest BCUT2D eigenvalue weighted by Gasteiger charge is -2.27. The summed E-state index contributed by atoms with van der Waals surface area (Å²) >= 11 is 1.66. The first-order chi connectivity index (χ1) is 7.02. The van der Waals surface area contributed by atoms with Crippen molar-refractivity contribution in [2.24, 2.45) is 5.73 Å². The maximum Gasteiger partial charge on any atom is 0.239 e. The number of hydrogen-bond donors (Lipinski definition) is 1. The predicted molar refractivity (Wildman–Crippen MR) is 70.9 cm³/mol. The van der Waals surface area contributed by atoms with Crippen LogP contribution in [-0.4, -0.2) is 22.9 Å². The van der Waals surface area contributed by atoms with Crippen molar-refractivity contribution in [2.75, 3.05) is 0 Å². The van der Waals surface area contributed by atoms with Crippen LogP contribution in [0.5, 0.6) is 0 Å². The Kier molecular flexibility index (Phi) is 6.64. The van der Waals surface area contributed by atoms with Gasteiger partial charge in [-0.1, -0.05) is 6.07 Å². The third kappa shape index (κ3) is 4.12. The van der Waals surface area contributed by atoms with Gasteiger partial charge in [0.15, 0.2) is 0 Å². The predicted octanol–water partition coefficient (Wildman–Crippen LogP) is 2.25. The number of halogens is 1. The van der Waals surface area contributed by atoms with E-state index in [0.717, 1.165) is 0 Å². The lowest BCUT2D eigenvalue weighted by atomic mass is 10.2. The minimum absolute atomic E-state index is 0. The number of hydrogen-bond acceptors (Lipinski definition) is 3. The summed E-state index contributed by atoms with van der Waals surface area (Å²) in [6.45, 7) is 6.41. The number of thiophene rings is 1. The van der Waals surface area contributed by atoms with Gasteiger partial charge in [0.1, 0.15) is 0 Å². The number of carbonyl (C=O) groups excluding carboxylic acids is 1. The molecule has 92 valence electrons. The maximum atomic E-state index is 11.8. The summed E-state index contributed by atoms with van der Waals surface area (Å²) in [4.78, 5) is 14.8. The Morgan fingerprint density at radius 2 is 2.12 bits per heavy atom. The molecule has 3 nitrogen and oxygen atoms in total. The van der Waals surface area contributed by atoms with Crippen molar-refractivity contribution in [1.82, 2.24) is 4.90 Å². The van der Waals surface area contributed by atoms with Crippen LogP contribution in [0.15, 0.2) is 17.5 Å². The van der Waals surface area contributed by atoms with Crippen molar-refractivity contribution in [3.8, 4) is 0 Å². The molecule has 0 saturated heterocycles. The molecule has 0 saturated carbocycles. The smallest absolute Gasteiger partial charge is 0.239 e. The van der Waals surface area contributed by atoms with E-state index in [1.54, 1.807) is 18.3 Å². The monoisotopic (exact) mass is 262 g/mol. The Morgan fingerprint density at radius 3 is 2.50 bits per heavy atom. The minimum atomic E-state index is -0.424. The molecule has 2 N–H and O–H groups in total. The van der Waals surface area contributed by atoms with Crippen LogP contribution >= 0.6 is 23.7 Å². The number of nitrogens with zero attached hydrogens (tertiary/aromatic N) is 1. The first kappa shape index (κ1) is 15.4. The van der Waals surface area contributed by atoms with E-state index in [2.05, 4.69) is 0 Å². The van der Waals surface area contributed by atoms with Crippen molar-refractivity contribution in [3.05, 3.63) is 22.4 Å². The van der Waals surface area contributed by atoms with E-state index in [-0.39, 0.29) is 24.4 Å². The largest absolute Gasteiger partial charge is 0.334 e. The van der Waals surface area contributed by atoms with Gasteiger partial charge in [-0.2, -0.15) is 0 Å². The molecule has 0 bridgehead atoms. The van der Waals surface area contributed by atoms with Gasteiger partial charge in [0, 0.05) is 10.9 Å². The second-order valence-corrected chi connectivity index (χ2v) is 4.96. The Hall–Kier alpha value is -0.580. The summed E-state index contributed by atoms with van der Waals surface area (Å²) in [7, 11) is 0. The van der Waals surface area contributed by atoms with Crippen LogP contribution in [0.1, 0.15) is 25.6 Å². The number of rotatable bonds is 4. The van der Waals surface area contributed by atoms with Gasteiger partial charge >= 0.3 is 0 Å². The summed E-state index contributed by atoms with van der Waals surface area (Å²) in [5, 5.41) is 2.02. The van der Waals surface area contributed by atoms with Gasteiger partial charge in [0.05, 0.1) is 12.6 Å². The van der Waals surface area contributed by atoms with Crippen LogP contribution in [0.2, 0.25) is 0 Å². The molecule has 0 aliphatic rings. The van der Waals surface area contributed by atoms with E-state index in [1.165, 1.54) is 4.88 Å². The normalized spacial score (nSPS) is 12.1. The Balaban J connectivity index is 0.00000225.